The highest BCUT2D eigenvalue weighted by molar-refractivity contribution is 6.14. The predicted octanol–water partition coefficient (Wildman–Crippen LogP) is 6.43. The van der Waals surface area contributed by atoms with Crippen molar-refractivity contribution in [2.45, 2.75) is 6.92 Å². The van der Waals surface area contributed by atoms with Gasteiger partial charge in [-0.1, -0.05) is 60.7 Å². The standard InChI is InChI=1S/C25H18N2/c1-17-18-9-2-4-11-20(18)25(21-12-5-3-10-19(17)21)24-15-8-14-23(27-24)22-13-6-7-16-26-22/h2-16H,1H3. The normalized spacial score (nSPS) is 11.1. The van der Waals surface area contributed by atoms with Gasteiger partial charge in [-0.05, 0) is 58.3 Å². The quantitative estimate of drug-likeness (QED) is 0.344. The topological polar surface area (TPSA) is 25.8 Å². The summed E-state index contributed by atoms with van der Waals surface area (Å²) in [6.07, 6.45) is 1.81. The number of benzene rings is 3. The molecule has 0 radical (unpaired) electrons. The minimum Gasteiger partial charge on any atom is -0.255 e. The number of nitrogens with zero attached hydrogens (tertiary/aromatic N) is 2. The van der Waals surface area contributed by atoms with E-state index in [1.807, 2.05) is 24.3 Å². The Hall–Kier alpha value is -3.52. The van der Waals surface area contributed by atoms with Crippen molar-refractivity contribution in [1.82, 2.24) is 9.97 Å². The third kappa shape index (κ3) is 2.58. The second-order valence-electron chi connectivity index (χ2n) is 6.71. The zero-order chi connectivity index (χ0) is 18.2. The summed E-state index contributed by atoms with van der Waals surface area (Å²) in [5, 5.41) is 5.02. The van der Waals surface area contributed by atoms with Crippen LogP contribution in [-0.4, -0.2) is 9.97 Å². The lowest BCUT2D eigenvalue weighted by atomic mass is 9.90. The van der Waals surface area contributed by atoms with Gasteiger partial charge in [0.05, 0.1) is 17.1 Å². The Balaban J connectivity index is 1.86. The summed E-state index contributed by atoms with van der Waals surface area (Å²) in [6, 6.07) is 29.3. The molecular formula is C25H18N2. The van der Waals surface area contributed by atoms with E-state index in [1.54, 1.807) is 6.20 Å². The van der Waals surface area contributed by atoms with Gasteiger partial charge < -0.3 is 0 Å². The lowest BCUT2D eigenvalue weighted by Gasteiger charge is -2.15. The minimum atomic E-state index is 0.889. The molecule has 0 fully saturated rings. The van der Waals surface area contributed by atoms with Gasteiger partial charge in [0.15, 0.2) is 0 Å². The van der Waals surface area contributed by atoms with Gasteiger partial charge in [0.2, 0.25) is 0 Å². The summed E-state index contributed by atoms with van der Waals surface area (Å²) in [6.45, 7) is 2.20. The molecule has 0 atom stereocenters. The fourth-order valence-electron chi connectivity index (χ4n) is 3.85. The van der Waals surface area contributed by atoms with Crippen molar-refractivity contribution in [1.29, 1.82) is 0 Å². The molecule has 0 amide bonds. The summed E-state index contributed by atoms with van der Waals surface area (Å²) in [5.74, 6) is 0. The minimum absolute atomic E-state index is 0.889. The Labute approximate surface area is 158 Å². The second kappa shape index (κ2) is 6.33. The summed E-state index contributed by atoms with van der Waals surface area (Å²) >= 11 is 0. The van der Waals surface area contributed by atoms with Crippen molar-refractivity contribution in [3.8, 4) is 22.6 Å². The van der Waals surface area contributed by atoms with Crippen LogP contribution in [0.1, 0.15) is 5.56 Å². The van der Waals surface area contributed by atoms with Crippen molar-refractivity contribution in [2.24, 2.45) is 0 Å². The Morgan fingerprint density at radius 3 is 1.70 bits per heavy atom. The van der Waals surface area contributed by atoms with Gasteiger partial charge in [0.1, 0.15) is 0 Å². The van der Waals surface area contributed by atoms with Crippen LogP contribution in [0, 0.1) is 6.92 Å². The van der Waals surface area contributed by atoms with E-state index < -0.39 is 0 Å². The molecule has 0 bridgehead atoms. The first-order chi connectivity index (χ1) is 13.3. The van der Waals surface area contributed by atoms with Crippen LogP contribution < -0.4 is 0 Å². The first-order valence-electron chi connectivity index (χ1n) is 9.12. The first-order valence-corrected chi connectivity index (χ1v) is 9.12. The number of aromatic nitrogens is 2. The van der Waals surface area contributed by atoms with Gasteiger partial charge in [-0.3, -0.25) is 4.98 Å². The van der Waals surface area contributed by atoms with Gasteiger partial charge in [0, 0.05) is 11.8 Å². The number of fused-ring (bicyclic) bond motifs is 2. The Morgan fingerprint density at radius 2 is 1.07 bits per heavy atom. The SMILES string of the molecule is Cc1c2ccccc2c(-c2cccc(-c3ccccn3)n2)c2ccccc12. The molecule has 0 unspecified atom stereocenters. The Morgan fingerprint density at radius 1 is 0.519 bits per heavy atom. The van der Waals surface area contributed by atoms with Crippen molar-refractivity contribution < 1.29 is 0 Å². The molecule has 0 aliphatic rings. The van der Waals surface area contributed by atoms with Crippen molar-refractivity contribution in [2.75, 3.05) is 0 Å². The molecule has 2 heterocycles. The maximum absolute atomic E-state index is 4.98. The fraction of sp³-hybridized carbons (Fsp3) is 0.0400. The molecule has 5 rings (SSSR count). The largest absolute Gasteiger partial charge is 0.255 e. The molecule has 0 spiro atoms. The van der Waals surface area contributed by atoms with Crippen molar-refractivity contribution in [3.63, 3.8) is 0 Å². The van der Waals surface area contributed by atoms with Gasteiger partial charge in [-0.15, -0.1) is 0 Å². The number of rotatable bonds is 2. The monoisotopic (exact) mass is 346 g/mol. The molecule has 5 aromatic rings. The van der Waals surface area contributed by atoms with E-state index in [0.717, 1.165) is 17.1 Å². The van der Waals surface area contributed by atoms with Gasteiger partial charge in [-0.25, -0.2) is 4.98 Å². The molecule has 3 aromatic carbocycles. The molecule has 2 aromatic heterocycles. The van der Waals surface area contributed by atoms with Crippen LogP contribution in [0.15, 0.2) is 91.1 Å². The maximum Gasteiger partial charge on any atom is 0.0893 e. The maximum atomic E-state index is 4.98. The van der Waals surface area contributed by atoms with Crippen LogP contribution in [0.5, 0.6) is 0 Å². The van der Waals surface area contributed by atoms with Crippen molar-refractivity contribution in [3.05, 3.63) is 96.7 Å². The van der Waals surface area contributed by atoms with Crippen LogP contribution in [-0.2, 0) is 0 Å². The third-order valence-electron chi connectivity index (χ3n) is 5.13. The first kappa shape index (κ1) is 15.7. The van der Waals surface area contributed by atoms with E-state index in [1.165, 1.54) is 32.7 Å². The van der Waals surface area contributed by atoms with E-state index in [9.17, 15) is 0 Å². The highest BCUT2D eigenvalue weighted by Gasteiger charge is 2.14. The van der Waals surface area contributed by atoms with Gasteiger partial charge >= 0.3 is 0 Å². The Kier molecular flexibility index (Phi) is 3.68. The van der Waals surface area contributed by atoms with E-state index >= 15 is 0 Å². The second-order valence-corrected chi connectivity index (χ2v) is 6.71. The van der Waals surface area contributed by atoms with E-state index in [-0.39, 0.29) is 0 Å². The fourth-order valence-corrected chi connectivity index (χ4v) is 3.85. The van der Waals surface area contributed by atoms with E-state index in [0.29, 0.717) is 0 Å². The van der Waals surface area contributed by atoms with Crippen LogP contribution in [0.3, 0.4) is 0 Å². The summed E-state index contributed by atoms with van der Waals surface area (Å²) < 4.78 is 0. The third-order valence-corrected chi connectivity index (χ3v) is 5.13. The van der Waals surface area contributed by atoms with Crippen LogP contribution >= 0.6 is 0 Å². The molecule has 2 heteroatoms. The zero-order valence-electron chi connectivity index (χ0n) is 15.1. The number of pyridine rings is 2. The van der Waals surface area contributed by atoms with Gasteiger partial charge in [0.25, 0.3) is 0 Å². The summed E-state index contributed by atoms with van der Waals surface area (Å²) in [7, 11) is 0. The zero-order valence-corrected chi connectivity index (χ0v) is 15.1. The average Bonchev–Trinajstić information content (AvgIpc) is 2.75. The molecule has 0 aliphatic heterocycles. The molecule has 0 aliphatic carbocycles. The van der Waals surface area contributed by atoms with Gasteiger partial charge in [-0.2, -0.15) is 0 Å². The lowest BCUT2D eigenvalue weighted by molar-refractivity contribution is 1.25. The number of hydrogen-bond donors (Lipinski definition) is 0. The van der Waals surface area contributed by atoms with Crippen LogP contribution in [0.2, 0.25) is 0 Å². The smallest absolute Gasteiger partial charge is 0.0893 e. The molecule has 2 nitrogen and oxygen atoms in total. The highest BCUT2D eigenvalue weighted by atomic mass is 14.8. The average molecular weight is 346 g/mol. The lowest BCUT2D eigenvalue weighted by Crippen LogP contribution is -1.93. The molecular weight excluding hydrogens is 328 g/mol. The molecule has 27 heavy (non-hydrogen) atoms. The van der Waals surface area contributed by atoms with E-state index in [4.69, 9.17) is 4.98 Å². The number of aryl methyl sites for hydroxylation is 1. The van der Waals surface area contributed by atoms with Crippen molar-refractivity contribution >= 4 is 21.5 Å². The predicted molar refractivity (Wildman–Crippen MR) is 113 cm³/mol. The highest BCUT2D eigenvalue weighted by Crippen LogP contribution is 2.38. The Bertz CT molecular complexity index is 1220. The van der Waals surface area contributed by atoms with E-state index in [2.05, 4.69) is 72.6 Å². The van der Waals surface area contributed by atoms with Crippen LogP contribution in [0.25, 0.3) is 44.2 Å². The number of hydrogen-bond acceptors (Lipinski definition) is 2. The summed E-state index contributed by atoms with van der Waals surface area (Å²) in [5.41, 5.74) is 5.25. The molecule has 0 saturated heterocycles. The molecule has 0 N–H and O–H groups in total. The van der Waals surface area contributed by atoms with Crippen LogP contribution in [0.4, 0.5) is 0 Å². The molecule has 0 saturated carbocycles. The summed E-state index contributed by atoms with van der Waals surface area (Å²) in [4.78, 5) is 9.44. The molecule has 128 valence electrons.